The number of thiophene rings is 1. The maximum absolute atomic E-state index is 12.8. The second-order valence-corrected chi connectivity index (χ2v) is 10.0. The number of anilines is 1. The van der Waals surface area contributed by atoms with Gasteiger partial charge < -0.3 is 14.8 Å². The van der Waals surface area contributed by atoms with Crippen LogP contribution in [0.1, 0.15) is 55.7 Å². The SMILES string of the molecule is CCOC(=O)c1c(NC(=O)c2ccc(S(=O)(=O)N3CCCC3)cc2)sc(C(=O)OC)c1C. The number of nitrogens with one attached hydrogen (secondary N) is 1. The first-order chi connectivity index (χ1) is 15.2. The molecule has 1 N–H and O–H groups in total. The minimum atomic E-state index is -3.59. The van der Waals surface area contributed by atoms with Crippen molar-refractivity contribution in [1.82, 2.24) is 4.31 Å². The molecule has 1 saturated heterocycles. The van der Waals surface area contributed by atoms with Crippen LogP contribution < -0.4 is 5.32 Å². The number of amides is 1. The van der Waals surface area contributed by atoms with Crippen LogP contribution in [0.5, 0.6) is 0 Å². The molecular formula is C21H24N2O7S2. The second kappa shape index (κ2) is 9.80. The zero-order valence-electron chi connectivity index (χ0n) is 18.0. The van der Waals surface area contributed by atoms with Crippen LogP contribution in [0.2, 0.25) is 0 Å². The lowest BCUT2D eigenvalue weighted by Crippen LogP contribution is -2.27. The molecule has 1 amide bonds. The van der Waals surface area contributed by atoms with Crippen molar-refractivity contribution in [2.24, 2.45) is 0 Å². The number of ether oxygens (including phenoxy) is 2. The van der Waals surface area contributed by atoms with Gasteiger partial charge in [-0.25, -0.2) is 18.0 Å². The predicted molar refractivity (Wildman–Crippen MR) is 119 cm³/mol. The number of carbonyl (C=O) groups excluding carboxylic acids is 3. The molecule has 172 valence electrons. The molecule has 11 heteroatoms. The van der Waals surface area contributed by atoms with Crippen molar-refractivity contribution in [2.45, 2.75) is 31.6 Å². The Morgan fingerprint density at radius 3 is 2.28 bits per heavy atom. The molecule has 0 aliphatic carbocycles. The van der Waals surface area contributed by atoms with Crippen molar-refractivity contribution in [3.8, 4) is 0 Å². The zero-order valence-corrected chi connectivity index (χ0v) is 19.6. The third kappa shape index (κ3) is 4.69. The van der Waals surface area contributed by atoms with Gasteiger partial charge in [0.25, 0.3) is 5.91 Å². The van der Waals surface area contributed by atoms with Crippen LogP contribution in [0.3, 0.4) is 0 Å². The molecule has 2 aromatic rings. The average Bonchev–Trinajstić information content (AvgIpc) is 3.42. The van der Waals surface area contributed by atoms with Gasteiger partial charge in [0, 0.05) is 18.7 Å². The lowest BCUT2D eigenvalue weighted by molar-refractivity contribution is 0.0527. The topological polar surface area (TPSA) is 119 Å². The van der Waals surface area contributed by atoms with Crippen molar-refractivity contribution in [2.75, 3.05) is 32.1 Å². The predicted octanol–water partition coefficient (Wildman–Crippen LogP) is 3.06. The van der Waals surface area contributed by atoms with E-state index in [1.165, 1.54) is 35.7 Å². The van der Waals surface area contributed by atoms with Crippen LogP contribution in [-0.4, -0.2) is 57.4 Å². The monoisotopic (exact) mass is 480 g/mol. The smallest absolute Gasteiger partial charge is 0.348 e. The Morgan fingerprint density at radius 2 is 1.72 bits per heavy atom. The number of benzene rings is 1. The Labute approximate surface area is 190 Å². The van der Waals surface area contributed by atoms with Gasteiger partial charge >= 0.3 is 11.9 Å². The van der Waals surface area contributed by atoms with E-state index in [2.05, 4.69) is 5.32 Å². The highest BCUT2D eigenvalue weighted by molar-refractivity contribution is 7.89. The largest absolute Gasteiger partial charge is 0.465 e. The molecule has 0 unspecified atom stereocenters. The maximum Gasteiger partial charge on any atom is 0.348 e. The molecule has 1 aliphatic heterocycles. The van der Waals surface area contributed by atoms with Gasteiger partial charge in [-0.15, -0.1) is 11.3 Å². The first kappa shape index (κ1) is 23.9. The summed E-state index contributed by atoms with van der Waals surface area (Å²) in [6.45, 7) is 4.32. The number of sulfonamides is 1. The molecule has 0 radical (unpaired) electrons. The van der Waals surface area contributed by atoms with Gasteiger partial charge in [0.05, 0.1) is 24.2 Å². The maximum atomic E-state index is 12.8. The molecule has 0 saturated carbocycles. The number of esters is 2. The Hall–Kier alpha value is -2.76. The third-order valence-corrected chi connectivity index (χ3v) is 8.14. The summed E-state index contributed by atoms with van der Waals surface area (Å²) in [5.41, 5.74) is 0.632. The summed E-state index contributed by atoms with van der Waals surface area (Å²) in [7, 11) is -2.36. The molecule has 1 fully saturated rings. The minimum absolute atomic E-state index is 0.0823. The van der Waals surface area contributed by atoms with Gasteiger partial charge in [0.15, 0.2) is 0 Å². The minimum Gasteiger partial charge on any atom is -0.465 e. The van der Waals surface area contributed by atoms with E-state index >= 15 is 0 Å². The van der Waals surface area contributed by atoms with Crippen LogP contribution in [0.25, 0.3) is 0 Å². The molecule has 3 rings (SSSR count). The van der Waals surface area contributed by atoms with E-state index in [1.54, 1.807) is 13.8 Å². The first-order valence-corrected chi connectivity index (χ1v) is 12.3. The van der Waals surface area contributed by atoms with Gasteiger partial charge in [0.1, 0.15) is 9.88 Å². The van der Waals surface area contributed by atoms with Crippen LogP contribution in [0.15, 0.2) is 29.2 Å². The number of nitrogens with zero attached hydrogens (tertiary/aromatic N) is 1. The zero-order chi connectivity index (χ0) is 23.5. The summed E-state index contributed by atoms with van der Waals surface area (Å²) in [6, 6.07) is 5.58. The Bertz CT molecular complexity index is 1130. The quantitative estimate of drug-likeness (QED) is 0.605. The molecule has 0 atom stereocenters. The lowest BCUT2D eigenvalue weighted by Gasteiger charge is -2.15. The molecule has 9 nitrogen and oxygen atoms in total. The lowest BCUT2D eigenvalue weighted by atomic mass is 10.1. The summed E-state index contributed by atoms with van der Waals surface area (Å²) >= 11 is 0.910. The normalized spacial score (nSPS) is 14.2. The van der Waals surface area contributed by atoms with Crippen molar-refractivity contribution >= 4 is 44.2 Å². The highest BCUT2D eigenvalue weighted by Gasteiger charge is 2.29. The number of carbonyl (C=O) groups is 3. The highest BCUT2D eigenvalue weighted by atomic mass is 32.2. The van der Waals surface area contributed by atoms with E-state index in [4.69, 9.17) is 9.47 Å². The summed E-state index contributed by atoms with van der Waals surface area (Å²) < 4.78 is 36.5. The Balaban J connectivity index is 1.86. The first-order valence-electron chi connectivity index (χ1n) is 10.0. The van der Waals surface area contributed by atoms with E-state index in [0.29, 0.717) is 18.7 Å². The molecule has 32 heavy (non-hydrogen) atoms. The molecule has 0 bridgehead atoms. The van der Waals surface area contributed by atoms with Gasteiger partial charge in [-0.05, 0) is 56.5 Å². The fourth-order valence-electron chi connectivity index (χ4n) is 3.37. The van der Waals surface area contributed by atoms with Crippen LogP contribution >= 0.6 is 11.3 Å². The standard InChI is InChI=1S/C21H24N2O7S2/c1-4-30-20(25)16-13(2)17(21(26)29-3)31-19(16)22-18(24)14-7-9-15(10-8-14)32(27,28)23-11-5-6-12-23/h7-10H,4-6,11-12H2,1-3H3,(H,22,24). The van der Waals surface area contributed by atoms with Gasteiger partial charge in [-0.3, -0.25) is 4.79 Å². The highest BCUT2D eigenvalue weighted by Crippen LogP contribution is 2.34. The van der Waals surface area contributed by atoms with Crippen molar-refractivity contribution in [3.63, 3.8) is 0 Å². The van der Waals surface area contributed by atoms with Gasteiger partial charge in [0.2, 0.25) is 10.0 Å². The molecule has 1 aliphatic rings. The summed E-state index contributed by atoms with van der Waals surface area (Å²) in [6.07, 6.45) is 1.66. The van der Waals surface area contributed by atoms with Crippen molar-refractivity contribution in [3.05, 3.63) is 45.8 Å². The van der Waals surface area contributed by atoms with Crippen molar-refractivity contribution in [1.29, 1.82) is 0 Å². The van der Waals surface area contributed by atoms with E-state index < -0.39 is 27.9 Å². The molecule has 0 spiro atoms. The van der Waals surface area contributed by atoms with Crippen LogP contribution in [-0.2, 0) is 19.5 Å². The molecule has 1 aromatic heterocycles. The van der Waals surface area contributed by atoms with Gasteiger partial charge in [-0.1, -0.05) is 0 Å². The van der Waals surface area contributed by atoms with E-state index in [-0.39, 0.29) is 32.5 Å². The van der Waals surface area contributed by atoms with Crippen LogP contribution in [0, 0.1) is 6.92 Å². The number of rotatable bonds is 7. The van der Waals surface area contributed by atoms with Gasteiger partial charge in [-0.2, -0.15) is 4.31 Å². The van der Waals surface area contributed by atoms with E-state index in [9.17, 15) is 22.8 Å². The summed E-state index contributed by atoms with van der Waals surface area (Å²) in [5, 5.41) is 2.78. The third-order valence-electron chi connectivity index (χ3n) is 5.04. The molecule has 2 heterocycles. The molecular weight excluding hydrogens is 456 g/mol. The fraction of sp³-hybridized carbons (Fsp3) is 0.381. The van der Waals surface area contributed by atoms with E-state index in [0.717, 1.165) is 24.2 Å². The van der Waals surface area contributed by atoms with Crippen LogP contribution in [0.4, 0.5) is 5.00 Å². The number of methoxy groups -OCH3 is 1. The second-order valence-electron chi connectivity index (χ2n) is 7.06. The average molecular weight is 481 g/mol. The Morgan fingerprint density at radius 1 is 1.09 bits per heavy atom. The Kier molecular flexibility index (Phi) is 7.32. The number of hydrogen-bond acceptors (Lipinski definition) is 8. The molecule has 1 aromatic carbocycles. The summed E-state index contributed by atoms with van der Waals surface area (Å²) in [5.74, 6) is -1.85. The van der Waals surface area contributed by atoms with Crippen molar-refractivity contribution < 1.29 is 32.3 Å². The summed E-state index contributed by atoms with van der Waals surface area (Å²) in [4.78, 5) is 37.5. The fourth-order valence-corrected chi connectivity index (χ4v) is 5.99. The van der Waals surface area contributed by atoms with E-state index in [1.807, 2.05) is 0 Å². The number of hydrogen-bond donors (Lipinski definition) is 1.